The summed E-state index contributed by atoms with van der Waals surface area (Å²) < 4.78 is 5.83. The van der Waals surface area contributed by atoms with Gasteiger partial charge in [0.15, 0.2) is 17.2 Å². The molecule has 0 saturated carbocycles. The second-order valence-electron chi connectivity index (χ2n) is 4.77. The van der Waals surface area contributed by atoms with Crippen LogP contribution in [0.5, 0.6) is 17.2 Å². The predicted octanol–water partition coefficient (Wildman–Crippen LogP) is 2.61. The molecule has 1 aliphatic heterocycles. The average molecular weight is 284 g/mol. The topological polar surface area (TPSA) is 60.3 Å². The molecule has 108 valence electrons. The van der Waals surface area contributed by atoms with Crippen LogP contribution < -0.4 is 15.3 Å². The van der Waals surface area contributed by atoms with Crippen LogP contribution in [0.2, 0.25) is 0 Å². The maximum Gasteiger partial charge on any atom is 0.169 e. The van der Waals surface area contributed by atoms with E-state index < -0.39 is 0 Å². The van der Waals surface area contributed by atoms with Crippen molar-refractivity contribution >= 4 is 12.0 Å². The van der Waals surface area contributed by atoms with Gasteiger partial charge in [0.25, 0.3) is 0 Å². The first-order valence-electron chi connectivity index (χ1n) is 6.53. The Morgan fingerprint density at radius 2 is 1.95 bits per heavy atom. The molecule has 0 radical (unpaired) electrons. The van der Waals surface area contributed by atoms with Crippen LogP contribution in [0.15, 0.2) is 47.6 Å². The normalized spacial score (nSPS) is 13.8. The summed E-state index contributed by atoms with van der Waals surface area (Å²) in [4.78, 5) is 0. The Bertz CT molecular complexity index is 687. The first-order valence-corrected chi connectivity index (χ1v) is 6.53. The summed E-state index contributed by atoms with van der Waals surface area (Å²) in [6.45, 7) is 1.91. The molecule has 0 spiro atoms. The fourth-order valence-corrected chi connectivity index (χ4v) is 2.03. The molecule has 1 aliphatic rings. The molecule has 0 fully saturated rings. The van der Waals surface area contributed by atoms with Crippen molar-refractivity contribution in [3.63, 3.8) is 0 Å². The highest BCUT2D eigenvalue weighted by Gasteiger charge is 2.17. The quantitative estimate of drug-likeness (QED) is 0.907. The highest BCUT2D eigenvalue weighted by molar-refractivity contribution is 5.82. The number of nitrogens with one attached hydrogen (secondary N) is 1. The molecule has 6 heteroatoms. The monoisotopic (exact) mass is 284 g/mol. The second-order valence-corrected chi connectivity index (χ2v) is 4.77. The van der Waals surface area contributed by atoms with Crippen LogP contribution in [-0.2, 0) is 0 Å². The fourth-order valence-electron chi connectivity index (χ4n) is 2.03. The Morgan fingerprint density at radius 1 is 1.14 bits per heavy atom. The Kier molecular flexibility index (Phi) is 3.37. The van der Waals surface area contributed by atoms with Gasteiger partial charge in [-0.1, -0.05) is 18.2 Å². The minimum Gasteiger partial charge on any atom is -0.504 e. The van der Waals surface area contributed by atoms with E-state index in [1.54, 1.807) is 35.6 Å². The first kappa shape index (κ1) is 13.3. The molecule has 0 aliphatic carbocycles. The number of rotatable bonds is 3. The van der Waals surface area contributed by atoms with Crippen LogP contribution in [0.1, 0.15) is 5.56 Å². The van der Waals surface area contributed by atoms with Crippen molar-refractivity contribution in [2.24, 2.45) is 5.10 Å². The van der Waals surface area contributed by atoms with E-state index in [0.717, 1.165) is 11.3 Å². The molecule has 3 rings (SSSR count). The highest BCUT2D eigenvalue weighted by atomic mass is 16.5. The van der Waals surface area contributed by atoms with Crippen molar-refractivity contribution in [2.75, 3.05) is 12.1 Å². The van der Waals surface area contributed by atoms with Crippen LogP contribution in [0.4, 0.5) is 5.69 Å². The Morgan fingerprint density at radius 3 is 2.67 bits per heavy atom. The molecule has 21 heavy (non-hydrogen) atoms. The maximum atomic E-state index is 9.96. The van der Waals surface area contributed by atoms with Gasteiger partial charge in [-0.15, -0.1) is 10.6 Å². The van der Waals surface area contributed by atoms with Crippen LogP contribution in [-0.4, -0.2) is 23.6 Å². The summed E-state index contributed by atoms with van der Waals surface area (Å²) >= 11 is 0. The van der Waals surface area contributed by atoms with Gasteiger partial charge in [0.05, 0.1) is 0 Å². The minimum atomic E-state index is 0.116. The number of nitrogens with zero attached hydrogens (tertiary/aromatic N) is 3. The highest BCUT2D eigenvalue weighted by Crippen LogP contribution is 2.36. The molecule has 0 bridgehead atoms. The summed E-state index contributed by atoms with van der Waals surface area (Å²) in [6.07, 6.45) is 1.65. The van der Waals surface area contributed by atoms with Gasteiger partial charge in [-0.3, -0.25) is 0 Å². The van der Waals surface area contributed by atoms with Crippen molar-refractivity contribution in [1.29, 1.82) is 0 Å². The summed E-state index contributed by atoms with van der Waals surface area (Å²) in [5.41, 5.74) is 4.79. The van der Waals surface area contributed by atoms with Gasteiger partial charge >= 0.3 is 0 Å². The number of hydrogen-bond acceptors (Lipinski definition) is 6. The van der Waals surface area contributed by atoms with E-state index in [1.165, 1.54) is 0 Å². The smallest absolute Gasteiger partial charge is 0.169 e. The SMILES string of the molecule is Cc1ccc(Oc2ccccc2N2C=NN(C)N2)c(O)c1. The first-order chi connectivity index (χ1) is 10.1. The number of para-hydroxylation sites is 2. The number of aryl methyl sites for hydroxylation is 1. The van der Waals surface area contributed by atoms with Crippen LogP contribution >= 0.6 is 0 Å². The molecular formula is C15H16N4O2. The number of phenolic OH excluding ortho intramolecular Hbond substituents is 1. The zero-order chi connectivity index (χ0) is 14.8. The van der Waals surface area contributed by atoms with Gasteiger partial charge in [0.1, 0.15) is 12.0 Å². The molecule has 2 N–H and O–H groups in total. The van der Waals surface area contributed by atoms with Crippen molar-refractivity contribution in [3.8, 4) is 17.2 Å². The lowest BCUT2D eigenvalue weighted by atomic mass is 10.2. The fraction of sp³-hybridized carbons (Fsp3) is 0.133. The van der Waals surface area contributed by atoms with Gasteiger partial charge in [0, 0.05) is 7.05 Å². The molecule has 0 unspecified atom stereocenters. The van der Waals surface area contributed by atoms with Crippen molar-refractivity contribution in [2.45, 2.75) is 6.92 Å². The third kappa shape index (κ3) is 2.75. The lowest BCUT2D eigenvalue weighted by Gasteiger charge is -2.20. The predicted molar refractivity (Wildman–Crippen MR) is 81.2 cm³/mol. The van der Waals surface area contributed by atoms with Crippen molar-refractivity contribution in [1.82, 2.24) is 10.7 Å². The minimum absolute atomic E-state index is 0.116. The van der Waals surface area contributed by atoms with E-state index in [2.05, 4.69) is 10.6 Å². The second kappa shape index (κ2) is 5.34. The molecule has 0 amide bonds. The van der Waals surface area contributed by atoms with Gasteiger partial charge < -0.3 is 9.84 Å². The van der Waals surface area contributed by atoms with Gasteiger partial charge in [-0.05, 0) is 36.8 Å². The Labute approximate surface area is 122 Å². The van der Waals surface area contributed by atoms with Gasteiger partial charge in [-0.2, -0.15) is 0 Å². The lowest BCUT2D eigenvalue weighted by Crippen LogP contribution is -2.38. The number of phenols is 1. The van der Waals surface area contributed by atoms with Crippen molar-refractivity contribution < 1.29 is 9.84 Å². The Balaban J connectivity index is 1.90. The van der Waals surface area contributed by atoms with Crippen LogP contribution in [0.3, 0.4) is 0 Å². The number of ether oxygens (including phenoxy) is 1. The van der Waals surface area contributed by atoms with E-state index in [-0.39, 0.29) is 5.75 Å². The Hall–Kier alpha value is -2.73. The van der Waals surface area contributed by atoms with E-state index in [1.807, 2.05) is 37.3 Å². The number of benzene rings is 2. The standard InChI is InChI=1S/C15H16N4O2/c1-11-7-8-15(13(20)9-11)21-14-6-4-3-5-12(14)19-10-16-18(2)17-19/h3-10,17,20H,1-2H3. The molecule has 1 heterocycles. The molecular weight excluding hydrogens is 268 g/mol. The average Bonchev–Trinajstić information content (AvgIpc) is 2.89. The third-order valence-corrected chi connectivity index (χ3v) is 3.05. The van der Waals surface area contributed by atoms with Crippen LogP contribution in [0, 0.1) is 6.92 Å². The number of hydrogen-bond donors (Lipinski definition) is 2. The number of hydrazone groups is 1. The van der Waals surface area contributed by atoms with E-state index in [4.69, 9.17) is 4.74 Å². The zero-order valence-electron chi connectivity index (χ0n) is 11.8. The van der Waals surface area contributed by atoms with E-state index >= 15 is 0 Å². The summed E-state index contributed by atoms with van der Waals surface area (Å²) in [5, 5.41) is 17.4. The molecule has 0 aromatic heterocycles. The molecule has 0 atom stereocenters. The van der Waals surface area contributed by atoms with Crippen molar-refractivity contribution in [3.05, 3.63) is 48.0 Å². The molecule has 2 aromatic rings. The van der Waals surface area contributed by atoms with Gasteiger partial charge in [0.2, 0.25) is 0 Å². The molecule has 0 saturated heterocycles. The number of aromatic hydroxyl groups is 1. The van der Waals surface area contributed by atoms with E-state index in [0.29, 0.717) is 11.5 Å². The maximum absolute atomic E-state index is 9.96. The number of hydrazine groups is 2. The summed E-state index contributed by atoms with van der Waals surface area (Å²) in [7, 11) is 1.80. The number of anilines is 1. The van der Waals surface area contributed by atoms with Crippen LogP contribution in [0.25, 0.3) is 0 Å². The zero-order valence-corrected chi connectivity index (χ0v) is 11.8. The third-order valence-electron chi connectivity index (χ3n) is 3.05. The summed E-state index contributed by atoms with van der Waals surface area (Å²) in [5.74, 6) is 1.15. The lowest BCUT2D eigenvalue weighted by molar-refractivity contribution is 0.279. The van der Waals surface area contributed by atoms with Gasteiger partial charge in [-0.25, -0.2) is 10.1 Å². The molecule has 6 nitrogen and oxygen atoms in total. The molecule has 2 aromatic carbocycles. The van der Waals surface area contributed by atoms with E-state index in [9.17, 15) is 5.11 Å². The largest absolute Gasteiger partial charge is 0.504 e. The summed E-state index contributed by atoms with van der Waals surface area (Å²) in [6, 6.07) is 12.8.